The molecular weight excluding hydrogens is 636 g/mol. The molecule has 0 amide bonds. The number of rotatable bonds is 11. The van der Waals surface area contributed by atoms with Gasteiger partial charge in [0.15, 0.2) is 6.61 Å². The van der Waals surface area contributed by atoms with E-state index < -0.39 is 0 Å². The third-order valence-electron chi connectivity index (χ3n) is 14.1. The lowest BCUT2D eigenvalue weighted by molar-refractivity contribution is -0.153. The van der Waals surface area contributed by atoms with E-state index in [-0.39, 0.29) is 29.5 Å². The van der Waals surface area contributed by atoms with Crippen LogP contribution < -0.4 is 14.9 Å². The largest absolute Gasteiger partial charge is 0.496 e. The van der Waals surface area contributed by atoms with Gasteiger partial charge in [-0.3, -0.25) is 4.79 Å². The Morgan fingerprint density at radius 2 is 1.78 bits per heavy atom. The van der Waals surface area contributed by atoms with Crippen molar-refractivity contribution in [1.29, 1.82) is 0 Å². The van der Waals surface area contributed by atoms with Crippen LogP contribution in [0.2, 0.25) is 0 Å². The van der Waals surface area contributed by atoms with E-state index in [4.69, 9.17) is 18.6 Å². The van der Waals surface area contributed by atoms with Crippen LogP contribution in [0.15, 0.2) is 69.6 Å². The SMILES string of the molecule is COc1ccccc1-c1coc2cc(OCC(=O)O[C@H]3CC[C@@]4(C)C(=CC[C@@H]5[C@H]4CC[C@@]4(C)[C@H]5CC[C@H]4[C@H](C)CCCC(C)C)C3)ccc2c1=O. The zero-order valence-corrected chi connectivity index (χ0v) is 31.7. The van der Waals surface area contributed by atoms with Crippen molar-refractivity contribution in [2.45, 2.75) is 111 Å². The predicted octanol–water partition coefficient (Wildman–Crippen LogP) is 10.8. The second-order valence-corrected chi connectivity index (χ2v) is 17.3. The molecule has 1 aromatic heterocycles. The Hall–Kier alpha value is -3.54. The van der Waals surface area contributed by atoms with Crippen molar-refractivity contribution < 1.29 is 23.4 Å². The molecule has 51 heavy (non-hydrogen) atoms. The van der Waals surface area contributed by atoms with Gasteiger partial charge in [-0.2, -0.15) is 0 Å². The van der Waals surface area contributed by atoms with E-state index in [9.17, 15) is 9.59 Å². The van der Waals surface area contributed by atoms with Gasteiger partial charge < -0.3 is 18.6 Å². The first kappa shape index (κ1) is 35.8. The number of carbonyl (C=O) groups excluding carboxylic acids is 1. The molecule has 7 rings (SSSR count). The van der Waals surface area contributed by atoms with Crippen molar-refractivity contribution in [3.05, 3.63) is 70.6 Å². The summed E-state index contributed by atoms with van der Waals surface area (Å²) in [5, 5.41) is 0.434. The fourth-order valence-electron chi connectivity index (χ4n) is 11.4. The van der Waals surface area contributed by atoms with Crippen molar-refractivity contribution in [3.8, 4) is 22.6 Å². The third-order valence-corrected chi connectivity index (χ3v) is 14.1. The minimum atomic E-state index is -0.362. The Morgan fingerprint density at radius 3 is 2.59 bits per heavy atom. The van der Waals surface area contributed by atoms with Gasteiger partial charge in [-0.1, -0.05) is 83.7 Å². The normalized spacial score (nSPS) is 30.6. The molecule has 0 saturated heterocycles. The molecule has 6 nitrogen and oxygen atoms in total. The molecule has 274 valence electrons. The van der Waals surface area contributed by atoms with Crippen molar-refractivity contribution in [3.63, 3.8) is 0 Å². The summed E-state index contributed by atoms with van der Waals surface area (Å²) in [5.41, 5.74) is 3.56. The van der Waals surface area contributed by atoms with Gasteiger partial charge in [-0.15, -0.1) is 0 Å². The zero-order valence-electron chi connectivity index (χ0n) is 31.7. The highest BCUT2D eigenvalue weighted by Crippen LogP contribution is 2.67. The molecule has 0 N–H and O–H groups in total. The first-order chi connectivity index (χ1) is 24.5. The number of hydrogen-bond acceptors (Lipinski definition) is 6. The number of carbonyl (C=O) groups is 1. The number of allylic oxidation sites excluding steroid dienone is 1. The number of methoxy groups -OCH3 is 1. The maximum Gasteiger partial charge on any atom is 0.344 e. The Morgan fingerprint density at radius 1 is 0.961 bits per heavy atom. The maximum atomic E-state index is 13.3. The number of esters is 1. The Labute approximate surface area is 304 Å². The molecule has 4 aliphatic carbocycles. The summed E-state index contributed by atoms with van der Waals surface area (Å²) >= 11 is 0. The van der Waals surface area contributed by atoms with Crippen LogP contribution in [0.1, 0.15) is 105 Å². The monoisotopic (exact) mass is 694 g/mol. The van der Waals surface area contributed by atoms with Crippen LogP contribution in [0, 0.1) is 46.3 Å². The molecular formula is C45H58O6. The second-order valence-electron chi connectivity index (χ2n) is 17.3. The summed E-state index contributed by atoms with van der Waals surface area (Å²) in [6, 6.07) is 12.4. The van der Waals surface area contributed by atoms with E-state index in [1.807, 2.05) is 24.3 Å². The van der Waals surface area contributed by atoms with E-state index in [1.54, 1.807) is 25.3 Å². The number of fused-ring (bicyclic) bond motifs is 6. The fraction of sp³-hybridized carbons (Fsp3) is 0.600. The molecule has 3 aromatic rings. The zero-order chi connectivity index (χ0) is 35.9. The smallest absolute Gasteiger partial charge is 0.344 e. The Kier molecular flexibility index (Phi) is 10.2. The lowest BCUT2D eigenvalue weighted by atomic mass is 9.47. The van der Waals surface area contributed by atoms with Gasteiger partial charge >= 0.3 is 5.97 Å². The molecule has 0 spiro atoms. The Bertz CT molecular complexity index is 1820. The molecule has 0 radical (unpaired) electrons. The molecule has 0 bridgehead atoms. The fourth-order valence-corrected chi connectivity index (χ4v) is 11.4. The van der Waals surface area contributed by atoms with Gasteiger partial charge in [-0.25, -0.2) is 4.79 Å². The topological polar surface area (TPSA) is 75.0 Å². The summed E-state index contributed by atoms with van der Waals surface area (Å²) in [6.07, 6.45) is 17.6. The van der Waals surface area contributed by atoms with E-state index in [2.05, 4.69) is 40.7 Å². The van der Waals surface area contributed by atoms with Crippen molar-refractivity contribution in [1.82, 2.24) is 0 Å². The molecule has 0 aliphatic heterocycles. The molecule has 6 heteroatoms. The van der Waals surface area contributed by atoms with Gasteiger partial charge in [-0.05, 0) is 109 Å². The first-order valence-corrected chi connectivity index (χ1v) is 19.7. The van der Waals surface area contributed by atoms with Gasteiger partial charge in [0, 0.05) is 18.1 Å². The second kappa shape index (κ2) is 14.5. The number of para-hydroxylation sites is 1. The van der Waals surface area contributed by atoms with E-state index in [1.165, 1.54) is 63.2 Å². The molecule has 8 atom stereocenters. The van der Waals surface area contributed by atoms with Crippen LogP contribution >= 0.6 is 0 Å². The van der Waals surface area contributed by atoms with Crippen LogP contribution in [0.25, 0.3) is 22.1 Å². The molecule has 1 heterocycles. The summed E-state index contributed by atoms with van der Waals surface area (Å²) in [4.78, 5) is 26.3. The average molecular weight is 695 g/mol. The van der Waals surface area contributed by atoms with E-state index in [0.717, 1.165) is 54.8 Å². The summed E-state index contributed by atoms with van der Waals surface area (Å²) in [7, 11) is 1.58. The third kappa shape index (κ3) is 6.77. The van der Waals surface area contributed by atoms with Crippen molar-refractivity contribution in [2.75, 3.05) is 13.7 Å². The van der Waals surface area contributed by atoms with Crippen molar-refractivity contribution in [2.24, 2.45) is 46.3 Å². The average Bonchev–Trinajstić information content (AvgIpc) is 3.48. The highest BCUT2D eigenvalue weighted by molar-refractivity contribution is 5.84. The quantitative estimate of drug-likeness (QED) is 0.147. The number of benzene rings is 2. The minimum Gasteiger partial charge on any atom is -0.496 e. The first-order valence-electron chi connectivity index (χ1n) is 19.7. The molecule has 2 aromatic carbocycles. The molecule has 0 unspecified atom stereocenters. The molecule has 4 aliphatic rings. The highest BCUT2D eigenvalue weighted by atomic mass is 16.6. The van der Waals surface area contributed by atoms with E-state index in [0.29, 0.717) is 39.0 Å². The number of ether oxygens (including phenoxy) is 3. The molecule has 3 saturated carbocycles. The highest BCUT2D eigenvalue weighted by Gasteiger charge is 2.59. The summed E-state index contributed by atoms with van der Waals surface area (Å²) in [6.45, 7) is 12.3. The van der Waals surface area contributed by atoms with Gasteiger partial charge in [0.25, 0.3) is 0 Å². The summed E-state index contributed by atoms with van der Waals surface area (Å²) in [5.74, 6) is 5.57. The summed E-state index contributed by atoms with van der Waals surface area (Å²) < 4.78 is 23.2. The standard InChI is InChI=1S/C45H58O6/c1-28(2)10-9-11-29(3)37-18-19-38-34-16-14-30-24-32(20-22-44(30,4)39(34)21-23-45(37,38)5)51-42(46)27-49-31-15-17-35-41(25-31)50-26-36(43(35)47)33-12-7-8-13-40(33)48-6/h7-8,12-15,17,25-26,28-29,32,34,37-39H,9-11,16,18-24,27H2,1-6H3/t29-,32+,34+,37+,38+,39-,44+,45-/m1/s1. The lowest BCUT2D eigenvalue weighted by Gasteiger charge is -2.58. The lowest BCUT2D eigenvalue weighted by Crippen LogP contribution is -2.51. The van der Waals surface area contributed by atoms with Crippen LogP contribution in [0.5, 0.6) is 11.5 Å². The van der Waals surface area contributed by atoms with Gasteiger partial charge in [0.2, 0.25) is 5.43 Å². The predicted molar refractivity (Wildman–Crippen MR) is 203 cm³/mol. The van der Waals surface area contributed by atoms with Crippen LogP contribution in [-0.2, 0) is 9.53 Å². The number of hydrogen-bond donors (Lipinski definition) is 0. The van der Waals surface area contributed by atoms with Crippen LogP contribution in [0.3, 0.4) is 0 Å². The van der Waals surface area contributed by atoms with E-state index >= 15 is 0 Å². The Balaban J connectivity index is 0.950. The maximum absolute atomic E-state index is 13.3. The van der Waals surface area contributed by atoms with Gasteiger partial charge in [0.05, 0.1) is 18.1 Å². The van der Waals surface area contributed by atoms with Crippen LogP contribution in [-0.4, -0.2) is 25.8 Å². The molecule has 3 fully saturated rings. The van der Waals surface area contributed by atoms with Crippen molar-refractivity contribution >= 4 is 16.9 Å². The minimum absolute atomic E-state index is 0.114. The van der Waals surface area contributed by atoms with Gasteiger partial charge in [0.1, 0.15) is 29.4 Å². The van der Waals surface area contributed by atoms with Crippen LogP contribution in [0.4, 0.5) is 0 Å².